The first kappa shape index (κ1) is 13.3. The number of aliphatic hydroxyl groups excluding tert-OH is 1. The Morgan fingerprint density at radius 2 is 2.17 bits per heavy atom. The first-order valence-electron chi connectivity index (χ1n) is 5.43. The monoisotopic (exact) mass is 286 g/mol. The van der Waals surface area contributed by atoms with Crippen molar-refractivity contribution in [2.45, 2.75) is 5.92 Å². The maximum Gasteiger partial charge on any atom is 0.126 e. The van der Waals surface area contributed by atoms with Gasteiger partial charge in [0, 0.05) is 10.9 Å². The Bertz CT molecular complexity index is 515. The van der Waals surface area contributed by atoms with E-state index in [0.29, 0.717) is 10.1 Å². The van der Waals surface area contributed by atoms with Crippen molar-refractivity contribution in [3.8, 4) is 5.75 Å². The molecule has 2 nitrogen and oxygen atoms in total. The average Bonchev–Trinajstić information content (AvgIpc) is 2.77. The molecule has 1 atom stereocenters. The maximum absolute atomic E-state index is 13.0. The minimum atomic E-state index is -0.341. The number of benzene rings is 1. The lowest BCUT2D eigenvalue weighted by atomic mass is 10.1. The molecule has 0 aliphatic heterocycles. The third kappa shape index (κ3) is 3.45. The predicted molar refractivity (Wildman–Crippen MR) is 71.1 cm³/mol. The van der Waals surface area contributed by atoms with E-state index in [1.54, 1.807) is 18.2 Å². The van der Waals surface area contributed by atoms with Gasteiger partial charge in [-0.05, 0) is 24.3 Å². The Kier molecular flexibility index (Phi) is 4.58. The Labute approximate surface area is 114 Å². The van der Waals surface area contributed by atoms with Gasteiger partial charge < -0.3 is 9.84 Å². The average molecular weight is 287 g/mol. The molecule has 0 bridgehead atoms. The number of hydrogen-bond donors (Lipinski definition) is 1. The standard InChI is InChI=1S/C13H12ClFO2S/c14-13-5-4-12(18-13)9(7-16)8-17-11-3-1-2-10(15)6-11/h1-6,9,16H,7-8H2. The first-order chi connectivity index (χ1) is 8.69. The molecule has 0 spiro atoms. The highest BCUT2D eigenvalue weighted by molar-refractivity contribution is 7.16. The topological polar surface area (TPSA) is 29.5 Å². The van der Waals surface area contributed by atoms with Crippen molar-refractivity contribution in [2.24, 2.45) is 0 Å². The fourth-order valence-corrected chi connectivity index (χ4v) is 2.66. The van der Waals surface area contributed by atoms with E-state index in [2.05, 4.69) is 0 Å². The van der Waals surface area contributed by atoms with Gasteiger partial charge in [0.15, 0.2) is 0 Å². The molecule has 0 amide bonds. The molecule has 0 saturated carbocycles. The van der Waals surface area contributed by atoms with Crippen LogP contribution in [0.2, 0.25) is 4.34 Å². The Hall–Kier alpha value is -1.10. The molecule has 96 valence electrons. The number of ether oxygens (including phenoxy) is 1. The van der Waals surface area contributed by atoms with Crippen LogP contribution >= 0.6 is 22.9 Å². The molecule has 2 aromatic rings. The van der Waals surface area contributed by atoms with Crippen LogP contribution in [0.15, 0.2) is 36.4 Å². The van der Waals surface area contributed by atoms with Crippen LogP contribution in [0.5, 0.6) is 5.75 Å². The summed E-state index contributed by atoms with van der Waals surface area (Å²) in [6, 6.07) is 9.58. The van der Waals surface area contributed by atoms with Crippen molar-refractivity contribution in [1.82, 2.24) is 0 Å². The van der Waals surface area contributed by atoms with Crippen LogP contribution in [0.4, 0.5) is 4.39 Å². The summed E-state index contributed by atoms with van der Waals surface area (Å²) < 4.78 is 19.1. The second kappa shape index (κ2) is 6.18. The second-order valence-corrected chi connectivity index (χ2v) is 5.54. The van der Waals surface area contributed by atoms with E-state index in [1.807, 2.05) is 6.07 Å². The van der Waals surface area contributed by atoms with Gasteiger partial charge in [-0.25, -0.2) is 4.39 Å². The number of hydrogen-bond acceptors (Lipinski definition) is 3. The Morgan fingerprint density at radius 3 is 2.78 bits per heavy atom. The number of rotatable bonds is 5. The van der Waals surface area contributed by atoms with Gasteiger partial charge in [0.25, 0.3) is 0 Å². The summed E-state index contributed by atoms with van der Waals surface area (Å²) in [6.07, 6.45) is 0. The third-order valence-electron chi connectivity index (χ3n) is 2.46. The molecule has 1 unspecified atom stereocenters. The Morgan fingerprint density at radius 1 is 1.33 bits per heavy atom. The molecule has 2 rings (SSSR count). The van der Waals surface area contributed by atoms with E-state index in [9.17, 15) is 9.50 Å². The van der Waals surface area contributed by atoms with Gasteiger partial charge in [-0.15, -0.1) is 11.3 Å². The molecule has 1 N–H and O–H groups in total. The van der Waals surface area contributed by atoms with E-state index >= 15 is 0 Å². The van der Waals surface area contributed by atoms with Crippen LogP contribution in [0.25, 0.3) is 0 Å². The van der Waals surface area contributed by atoms with Crippen LogP contribution in [0.1, 0.15) is 10.8 Å². The van der Waals surface area contributed by atoms with Crippen LogP contribution in [0.3, 0.4) is 0 Å². The van der Waals surface area contributed by atoms with Gasteiger partial charge in [-0.2, -0.15) is 0 Å². The predicted octanol–water partition coefficient (Wildman–Crippen LogP) is 3.70. The van der Waals surface area contributed by atoms with Crippen molar-refractivity contribution >= 4 is 22.9 Å². The normalized spacial score (nSPS) is 12.4. The molecule has 0 aliphatic carbocycles. The van der Waals surface area contributed by atoms with Gasteiger partial charge in [0.05, 0.1) is 23.5 Å². The highest BCUT2D eigenvalue weighted by Crippen LogP contribution is 2.28. The molecule has 0 saturated heterocycles. The van der Waals surface area contributed by atoms with E-state index in [0.717, 1.165) is 4.88 Å². The zero-order chi connectivity index (χ0) is 13.0. The lowest BCUT2D eigenvalue weighted by molar-refractivity contribution is 0.206. The number of halogens is 2. The summed E-state index contributed by atoms with van der Waals surface area (Å²) in [6.45, 7) is 0.253. The number of thiophene rings is 1. The van der Waals surface area contributed by atoms with Gasteiger partial charge in [-0.1, -0.05) is 17.7 Å². The van der Waals surface area contributed by atoms with Gasteiger partial charge in [0.2, 0.25) is 0 Å². The maximum atomic E-state index is 13.0. The lowest BCUT2D eigenvalue weighted by Crippen LogP contribution is -2.13. The van der Waals surface area contributed by atoms with Crippen molar-refractivity contribution in [3.63, 3.8) is 0 Å². The SMILES string of the molecule is OCC(COc1cccc(F)c1)c1ccc(Cl)s1. The minimum absolute atomic E-state index is 0.0356. The molecule has 0 aliphatic rings. The Balaban J connectivity index is 1.99. The lowest BCUT2D eigenvalue weighted by Gasteiger charge is -2.13. The smallest absolute Gasteiger partial charge is 0.126 e. The molecular weight excluding hydrogens is 275 g/mol. The molecule has 1 aromatic carbocycles. The van der Waals surface area contributed by atoms with E-state index in [-0.39, 0.29) is 24.9 Å². The minimum Gasteiger partial charge on any atom is -0.493 e. The summed E-state index contributed by atoms with van der Waals surface area (Å²) >= 11 is 7.26. The summed E-state index contributed by atoms with van der Waals surface area (Å²) in [7, 11) is 0. The molecule has 0 radical (unpaired) electrons. The largest absolute Gasteiger partial charge is 0.493 e. The highest BCUT2D eigenvalue weighted by Gasteiger charge is 2.14. The fraction of sp³-hybridized carbons (Fsp3) is 0.231. The molecule has 18 heavy (non-hydrogen) atoms. The van der Waals surface area contributed by atoms with Crippen molar-refractivity contribution < 1.29 is 14.2 Å². The van der Waals surface area contributed by atoms with Crippen LogP contribution in [-0.4, -0.2) is 18.3 Å². The van der Waals surface area contributed by atoms with E-state index in [4.69, 9.17) is 16.3 Å². The zero-order valence-electron chi connectivity index (χ0n) is 9.48. The quantitative estimate of drug-likeness (QED) is 0.908. The highest BCUT2D eigenvalue weighted by atomic mass is 35.5. The summed E-state index contributed by atoms with van der Waals surface area (Å²) in [5.74, 6) is -0.0333. The van der Waals surface area contributed by atoms with Crippen molar-refractivity contribution in [2.75, 3.05) is 13.2 Å². The van der Waals surface area contributed by atoms with Crippen LogP contribution in [0, 0.1) is 5.82 Å². The van der Waals surface area contributed by atoms with Crippen molar-refractivity contribution in [3.05, 3.63) is 51.4 Å². The molecule has 0 fully saturated rings. The molecule has 5 heteroatoms. The third-order valence-corrected chi connectivity index (χ3v) is 3.86. The first-order valence-corrected chi connectivity index (χ1v) is 6.63. The van der Waals surface area contributed by atoms with Gasteiger partial charge in [0.1, 0.15) is 11.6 Å². The molecular formula is C13H12ClFO2S. The summed E-state index contributed by atoms with van der Waals surface area (Å²) in [5, 5.41) is 9.33. The summed E-state index contributed by atoms with van der Waals surface area (Å²) in [4.78, 5) is 0.957. The van der Waals surface area contributed by atoms with Gasteiger partial charge >= 0.3 is 0 Å². The van der Waals surface area contributed by atoms with Crippen molar-refractivity contribution in [1.29, 1.82) is 0 Å². The second-order valence-electron chi connectivity index (χ2n) is 3.79. The van der Waals surface area contributed by atoms with Crippen LogP contribution < -0.4 is 4.74 Å². The molecule has 1 heterocycles. The van der Waals surface area contributed by atoms with E-state index in [1.165, 1.54) is 23.5 Å². The summed E-state index contributed by atoms with van der Waals surface area (Å²) in [5.41, 5.74) is 0. The zero-order valence-corrected chi connectivity index (χ0v) is 11.0. The number of aliphatic hydroxyl groups is 1. The molecule has 1 aromatic heterocycles. The fourth-order valence-electron chi connectivity index (χ4n) is 1.53. The van der Waals surface area contributed by atoms with E-state index < -0.39 is 0 Å². The van der Waals surface area contributed by atoms with Crippen LogP contribution in [-0.2, 0) is 0 Å². The van der Waals surface area contributed by atoms with Gasteiger partial charge in [-0.3, -0.25) is 0 Å².